The third kappa shape index (κ3) is 5.30. The number of esters is 1. The molecule has 0 aliphatic carbocycles. The minimum atomic E-state index is -0.586. The predicted octanol–water partition coefficient (Wildman–Crippen LogP) is 3.15. The first-order chi connectivity index (χ1) is 18.1. The van der Waals surface area contributed by atoms with E-state index in [0.717, 1.165) is 0 Å². The maximum Gasteiger partial charge on any atom is 0.327 e. The Morgan fingerprint density at radius 3 is 2.55 bits per heavy atom. The molecule has 4 rings (SSSR count). The Labute approximate surface area is 222 Å². The summed E-state index contributed by atoms with van der Waals surface area (Å²) in [6, 6.07) is 6.30. The van der Waals surface area contributed by atoms with Gasteiger partial charge in [0.2, 0.25) is 5.88 Å². The molecule has 3 aromatic heterocycles. The number of ether oxygens (including phenoxy) is 2. The molecule has 0 atom stereocenters. The van der Waals surface area contributed by atoms with Gasteiger partial charge in [-0.2, -0.15) is 5.10 Å². The second-order valence-corrected chi connectivity index (χ2v) is 9.07. The summed E-state index contributed by atoms with van der Waals surface area (Å²) in [7, 11) is 2.70. The van der Waals surface area contributed by atoms with Crippen LogP contribution in [0, 0.1) is 6.92 Å². The molecule has 2 amide bonds. The fraction of sp³-hybridized carbons (Fsp3) is 0.280. The molecule has 198 valence electrons. The van der Waals surface area contributed by atoms with Crippen LogP contribution in [0.4, 0.5) is 5.69 Å². The standard InChI is InChI=1S/C25H26ClN7O5/c1-13(2)28-25(36)20-21(14(3)9-15-11-32(31-22(15)20)12-19(34)38-5)29-24(35)17-10-18(37-4)30-33(17)23-16(26)7-6-8-27-23/h6-11,13H,12H2,1-5H3,(H,28,36)(H,29,35). The van der Waals surface area contributed by atoms with Gasteiger partial charge in [-0.3, -0.25) is 19.1 Å². The number of methoxy groups -OCH3 is 2. The number of hydrogen-bond acceptors (Lipinski definition) is 8. The third-order valence-electron chi connectivity index (χ3n) is 5.52. The molecule has 1 aromatic carbocycles. The molecule has 0 fully saturated rings. The Morgan fingerprint density at radius 2 is 1.89 bits per heavy atom. The number of aryl methyl sites for hydroxylation is 1. The van der Waals surface area contributed by atoms with Crippen LogP contribution in [-0.2, 0) is 16.1 Å². The number of carbonyl (C=O) groups is 3. The van der Waals surface area contributed by atoms with Crippen LogP contribution in [0.15, 0.2) is 36.7 Å². The number of pyridine rings is 1. The lowest BCUT2D eigenvalue weighted by molar-refractivity contribution is -0.141. The Hall–Kier alpha value is -4.45. The molecule has 0 saturated carbocycles. The van der Waals surface area contributed by atoms with Gasteiger partial charge in [0.15, 0.2) is 5.82 Å². The zero-order valence-electron chi connectivity index (χ0n) is 21.4. The van der Waals surface area contributed by atoms with Gasteiger partial charge in [-0.25, -0.2) is 9.67 Å². The number of anilines is 1. The van der Waals surface area contributed by atoms with E-state index in [1.807, 2.05) is 13.8 Å². The lowest BCUT2D eigenvalue weighted by Gasteiger charge is -2.16. The van der Waals surface area contributed by atoms with Crippen LogP contribution in [0.3, 0.4) is 0 Å². The highest BCUT2D eigenvalue weighted by molar-refractivity contribution is 6.32. The molecule has 0 unspecified atom stereocenters. The van der Waals surface area contributed by atoms with Gasteiger partial charge in [0.05, 0.1) is 30.5 Å². The van der Waals surface area contributed by atoms with Gasteiger partial charge in [0.1, 0.15) is 17.8 Å². The maximum absolute atomic E-state index is 13.6. The van der Waals surface area contributed by atoms with Gasteiger partial charge in [0.25, 0.3) is 11.8 Å². The van der Waals surface area contributed by atoms with Gasteiger partial charge >= 0.3 is 5.97 Å². The second kappa shape index (κ2) is 10.9. The second-order valence-electron chi connectivity index (χ2n) is 8.66. The van der Waals surface area contributed by atoms with E-state index >= 15 is 0 Å². The molecule has 13 heteroatoms. The van der Waals surface area contributed by atoms with Gasteiger partial charge < -0.3 is 20.1 Å². The van der Waals surface area contributed by atoms with E-state index < -0.39 is 17.8 Å². The topological polar surface area (TPSA) is 142 Å². The van der Waals surface area contributed by atoms with Gasteiger partial charge in [0, 0.05) is 29.9 Å². The number of halogens is 1. The number of nitrogens with one attached hydrogen (secondary N) is 2. The van der Waals surface area contributed by atoms with Crippen molar-refractivity contribution in [2.45, 2.75) is 33.4 Å². The van der Waals surface area contributed by atoms with E-state index in [9.17, 15) is 14.4 Å². The zero-order chi connectivity index (χ0) is 27.6. The molecule has 3 heterocycles. The quantitative estimate of drug-likeness (QED) is 0.325. The number of nitrogens with zero attached hydrogens (tertiary/aromatic N) is 5. The zero-order valence-corrected chi connectivity index (χ0v) is 22.2. The number of benzene rings is 1. The average molecular weight is 540 g/mol. The molecule has 0 saturated heterocycles. The van der Waals surface area contributed by atoms with Crippen LogP contribution >= 0.6 is 11.6 Å². The number of fused-ring (bicyclic) bond motifs is 1. The van der Waals surface area contributed by atoms with Gasteiger partial charge in [-0.15, -0.1) is 5.10 Å². The first-order valence-corrected chi connectivity index (χ1v) is 12.0. The van der Waals surface area contributed by atoms with E-state index in [1.165, 1.54) is 35.8 Å². The van der Waals surface area contributed by atoms with Crippen molar-refractivity contribution in [3.63, 3.8) is 0 Å². The van der Waals surface area contributed by atoms with E-state index in [1.54, 1.807) is 31.3 Å². The Bertz CT molecular complexity index is 1540. The van der Waals surface area contributed by atoms with E-state index in [0.29, 0.717) is 16.5 Å². The third-order valence-corrected chi connectivity index (χ3v) is 5.81. The fourth-order valence-corrected chi connectivity index (χ4v) is 4.05. The Morgan fingerprint density at radius 1 is 1.13 bits per heavy atom. The summed E-state index contributed by atoms with van der Waals surface area (Å²) < 4.78 is 12.6. The van der Waals surface area contributed by atoms with Crippen molar-refractivity contribution >= 4 is 46.0 Å². The summed E-state index contributed by atoms with van der Waals surface area (Å²) in [5.41, 5.74) is 1.40. The van der Waals surface area contributed by atoms with Crippen molar-refractivity contribution in [2.75, 3.05) is 19.5 Å². The predicted molar refractivity (Wildman–Crippen MR) is 140 cm³/mol. The normalized spacial score (nSPS) is 11.0. The molecule has 2 N–H and O–H groups in total. The van der Waals surface area contributed by atoms with Crippen LogP contribution in [0.1, 0.15) is 40.3 Å². The molecule has 0 spiro atoms. The highest BCUT2D eigenvalue weighted by Crippen LogP contribution is 2.31. The van der Waals surface area contributed by atoms with Crippen LogP contribution < -0.4 is 15.4 Å². The molecule has 4 aromatic rings. The summed E-state index contributed by atoms with van der Waals surface area (Å²) in [6.07, 6.45) is 3.16. The van der Waals surface area contributed by atoms with Crippen molar-refractivity contribution in [3.05, 3.63) is 58.5 Å². The molecule has 0 radical (unpaired) electrons. The Balaban J connectivity index is 1.83. The van der Waals surface area contributed by atoms with Crippen molar-refractivity contribution in [1.82, 2.24) is 29.9 Å². The van der Waals surface area contributed by atoms with E-state index in [4.69, 9.17) is 21.1 Å². The first kappa shape index (κ1) is 26.6. The van der Waals surface area contributed by atoms with E-state index in [-0.39, 0.29) is 46.3 Å². The lowest BCUT2D eigenvalue weighted by Crippen LogP contribution is -2.31. The summed E-state index contributed by atoms with van der Waals surface area (Å²) in [5, 5.41) is 15.3. The van der Waals surface area contributed by atoms with Crippen LogP contribution in [0.2, 0.25) is 5.02 Å². The highest BCUT2D eigenvalue weighted by Gasteiger charge is 2.26. The summed E-state index contributed by atoms with van der Waals surface area (Å²) in [6.45, 7) is 5.26. The SMILES string of the molecule is COC(=O)Cn1cc2cc(C)c(NC(=O)c3cc(OC)nn3-c3ncccc3Cl)c(C(=O)NC(C)C)c2n1. The minimum absolute atomic E-state index is 0.0772. The number of hydrogen-bond donors (Lipinski definition) is 2. The minimum Gasteiger partial charge on any atom is -0.480 e. The molecule has 0 aliphatic heterocycles. The van der Waals surface area contributed by atoms with E-state index in [2.05, 4.69) is 25.8 Å². The molecule has 0 bridgehead atoms. The highest BCUT2D eigenvalue weighted by atomic mass is 35.5. The fourth-order valence-electron chi connectivity index (χ4n) is 3.85. The maximum atomic E-state index is 13.6. The van der Waals surface area contributed by atoms with Crippen LogP contribution in [0.5, 0.6) is 5.88 Å². The Kier molecular flexibility index (Phi) is 7.62. The monoisotopic (exact) mass is 539 g/mol. The first-order valence-electron chi connectivity index (χ1n) is 11.6. The number of amides is 2. The number of carbonyl (C=O) groups excluding carboxylic acids is 3. The molecular formula is C25H26ClN7O5. The molecular weight excluding hydrogens is 514 g/mol. The summed E-state index contributed by atoms with van der Waals surface area (Å²) in [4.78, 5) is 43.0. The molecule has 0 aliphatic rings. The smallest absolute Gasteiger partial charge is 0.327 e. The number of rotatable bonds is 8. The lowest BCUT2D eigenvalue weighted by atomic mass is 10.0. The van der Waals surface area contributed by atoms with Crippen LogP contribution in [-0.4, -0.2) is 62.6 Å². The summed E-state index contributed by atoms with van der Waals surface area (Å²) >= 11 is 6.31. The van der Waals surface area contributed by atoms with Crippen LogP contribution in [0.25, 0.3) is 16.7 Å². The van der Waals surface area contributed by atoms with Crippen molar-refractivity contribution < 1.29 is 23.9 Å². The summed E-state index contributed by atoms with van der Waals surface area (Å²) in [5.74, 6) is -1.12. The molecule has 12 nitrogen and oxygen atoms in total. The number of aromatic nitrogens is 5. The largest absolute Gasteiger partial charge is 0.480 e. The molecule has 38 heavy (non-hydrogen) atoms. The van der Waals surface area contributed by atoms with Gasteiger partial charge in [-0.05, 0) is 44.5 Å². The van der Waals surface area contributed by atoms with Gasteiger partial charge in [-0.1, -0.05) is 11.6 Å². The van der Waals surface area contributed by atoms with Crippen molar-refractivity contribution in [1.29, 1.82) is 0 Å². The van der Waals surface area contributed by atoms with Crippen molar-refractivity contribution in [2.24, 2.45) is 0 Å². The van der Waals surface area contributed by atoms with Crippen molar-refractivity contribution in [3.8, 4) is 11.7 Å². The average Bonchev–Trinajstić information content (AvgIpc) is 3.47.